The summed E-state index contributed by atoms with van der Waals surface area (Å²) < 4.78 is 5.15. The molecule has 2 aromatic rings. The maximum Gasteiger partial charge on any atom is 0.311 e. The average molecular weight is 437 g/mol. The quantitative estimate of drug-likeness (QED) is 0.618. The number of aryl methyl sites for hydroxylation is 2. The Balaban J connectivity index is 1.52. The van der Waals surface area contributed by atoms with E-state index in [9.17, 15) is 19.2 Å². The smallest absolute Gasteiger partial charge is 0.311 e. The second-order valence-electron chi connectivity index (χ2n) is 7.53. The minimum Gasteiger partial charge on any atom is -0.455 e. The molecule has 0 unspecified atom stereocenters. The van der Waals surface area contributed by atoms with Gasteiger partial charge in [0.25, 0.3) is 11.8 Å². The molecule has 1 aliphatic heterocycles. The Morgan fingerprint density at radius 2 is 1.66 bits per heavy atom. The fourth-order valence-corrected chi connectivity index (χ4v) is 3.58. The Hall–Kier alpha value is -3.68. The highest BCUT2D eigenvalue weighted by atomic mass is 16.5. The Morgan fingerprint density at radius 1 is 1.00 bits per heavy atom. The number of amides is 3. The number of para-hydroxylation sites is 1. The summed E-state index contributed by atoms with van der Waals surface area (Å²) in [5.41, 5.74) is 5.69. The van der Waals surface area contributed by atoms with Gasteiger partial charge in [-0.25, -0.2) is 0 Å². The van der Waals surface area contributed by atoms with Crippen LogP contribution >= 0.6 is 0 Å². The zero-order chi connectivity index (χ0) is 23.1. The fourth-order valence-electron chi connectivity index (χ4n) is 3.58. The predicted molar refractivity (Wildman–Crippen MR) is 119 cm³/mol. The zero-order valence-electron chi connectivity index (χ0n) is 18.2. The van der Waals surface area contributed by atoms with Crippen molar-refractivity contribution >= 4 is 29.4 Å². The summed E-state index contributed by atoms with van der Waals surface area (Å²) in [6, 6.07) is 14.3. The summed E-state index contributed by atoms with van der Waals surface area (Å²) in [4.78, 5) is 49.2. The van der Waals surface area contributed by atoms with Crippen LogP contribution in [0, 0.1) is 5.92 Å². The lowest BCUT2D eigenvalue weighted by Crippen LogP contribution is -2.43. The van der Waals surface area contributed by atoms with E-state index in [1.54, 1.807) is 30.3 Å². The first-order valence-corrected chi connectivity index (χ1v) is 10.7. The highest BCUT2D eigenvalue weighted by Gasteiger charge is 2.36. The van der Waals surface area contributed by atoms with Gasteiger partial charge >= 0.3 is 5.97 Å². The molecule has 3 amide bonds. The van der Waals surface area contributed by atoms with Gasteiger partial charge in [-0.1, -0.05) is 50.2 Å². The molecule has 0 aromatic heterocycles. The molecule has 1 aliphatic rings. The number of hydrogen-bond donors (Lipinski definition) is 2. The Morgan fingerprint density at radius 3 is 2.28 bits per heavy atom. The van der Waals surface area contributed by atoms with Gasteiger partial charge in [-0.2, -0.15) is 0 Å². The number of esters is 1. The van der Waals surface area contributed by atoms with Crippen molar-refractivity contribution in [1.29, 1.82) is 0 Å². The van der Waals surface area contributed by atoms with Gasteiger partial charge in [0, 0.05) is 17.7 Å². The third-order valence-corrected chi connectivity index (χ3v) is 5.34. The summed E-state index contributed by atoms with van der Waals surface area (Å²) in [5, 5.41) is 3.96. The number of rotatable bonds is 8. The van der Waals surface area contributed by atoms with Crippen LogP contribution in [0.25, 0.3) is 0 Å². The molecule has 1 heterocycles. The molecular weight excluding hydrogens is 410 g/mol. The molecule has 32 heavy (non-hydrogen) atoms. The van der Waals surface area contributed by atoms with Crippen LogP contribution in [0.4, 0.5) is 5.69 Å². The second-order valence-corrected chi connectivity index (χ2v) is 7.53. The van der Waals surface area contributed by atoms with E-state index in [-0.39, 0.29) is 18.9 Å². The van der Waals surface area contributed by atoms with Crippen LogP contribution in [0.2, 0.25) is 0 Å². The molecule has 0 aliphatic carbocycles. The Kier molecular flexibility index (Phi) is 7.59. The van der Waals surface area contributed by atoms with Gasteiger partial charge in [-0.05, 0) is 36.1 Å². The molecule has 0 radical (unpaired) electrons. The predicted octanol–water partition coefficient (Wildman–Crippen LogP) is 2.49. The summed E-state index contributed by atoms with van der Waals surface area (Å²) >= 11 is 0. The van der Waals surface area contributed by atoms with Gasteiger partial charge in [-0.15, -0.1) is 0 Å². The van der Waals surface area contributed by atoms with Crippen molar-refractivity contribution in [2.75, 3.05) is 18.5 Å². The number of carbonyl (C=O) groups excluding carboxylic acids is 4. The maximum absolute atomic E-state index is 12.4. The number of hydrazine groups is 1. The van der Waals surface area contributed by atoms with E-state index < -0.39 is 30.3 Å². The molecule has 1 saturated heterocycles. The molecule has 0 spiro atoms. The van der Waals surface area contributed by atoms with Gasteiger partial charge in [0.2, 0.25) is 5.91 Å². The maximum atomic E-state index is 12.4. The van der Waals surface area contributed by atoms with Crippen LogP contribution < -0.4 is 10.7 Å². The largest absolute Gasteiger partial charge is 0.455 e. The lowest BCUT2D eigenvalue weighted by molar-refractivity contribution is -0.151. The zero-order valence-corrected chi connectivity index (χ0v) is 18.2. The highest BCUT2D eigenvalue weighted by molar-refractivity contribution is 5.97. The summed E-state index contributed by atoms with van der Waals surface area (Å²) in [5.74, 6) is -2.66. The van der Waals surface area contributed by atoms with Crippen molar-refractivity contribution in [3.8, 4) is 0 Å². The van der Waals surface area contributed by atoms with Crippen molar-refractivity contribution in [2.24, 2.45) is 5.92 Å². The van der Waals surface area contributed by atoms with E-state index in [2.05, 4.69) is 10.7 Å². The molecule has 8 heteroatoms. The molecular formula is C24H27N3O5. The van der Waals surface area contributed by atoms with E-state index in [0.717, 1.165) is 34.7 Å². The molecule has 2 aromatic carbocycles. The van der Waals surface area contributed by atoms with Gasteiger partial charge in [0.15, 0.2) is 6.61 Å². The van der Waals surface area contributed by atoms with Crippen LogP contribution in [-0.2, 0) is 32.0 Å². The number of carbonyl (C=O) groups is 4. The van der Waals surface area contributed by atoms with Crippen LogP contribution in [0.3, 0.4) is 0 Å². The SMILES string of the molecule is CCc1cccc(CC)c1NC(=O)COC(=O)[C@@H]1CC(=O)N(NC(=O)c2ccccc2)C1. The molecule has 1 fully saturated rings. The first kappa shape index (κ1) is 23.0. The molecule has 1 atom stereocenters. The first-order valence-electron chi connectivity index (χ1n) is 10.7. The number of hydrogen-bond acceptors (Lipinski definition) is 5. The molecule has 0 saturated carbocycles. The summed E-state index contributed by atoms with van der Waals surface area (Å²) in [6.07, 6.45) is 1.43. The van der Waals surface area contributed by atoms with Crippen molar-refractivity contribution in [3.63, 3.8) is 0 Å². The third kappa shape index (κ3) is 5.51. The van der Waals surface area contributed by atoms with E-state index in [4.69, 9.17) is 4.74 Å². The van der Waals surface area contributed by atoms with E-state index in [1.807, 2.05) is 32.0 Å². The molecule has 0 bridgehead atoms. The number of ether oxygens (including phenoxy) is 1. The Labute approximate surface area is 186 Å². The van der Waals surface area contributed by atoms with Crippen LogP contribution in [0.5, 0.6) is 0 Å². The second kappa shape index (κ2) is 10.6. The number of benzene rings is 2. The lowest BCUT2D eigenvalue weighted by Gasteiger charge is -2.17. The fraction of sp³-hybridized carbons (Fsp3) is 0.333. The van der Waals surface area contributed by atoms with Crippen LogP contribution in [-0.4, -0.2) is 41.9 Å². The standard InChI is InChI=1S/C24H27N3O5/c1-3-16-11-8-12-17(4-2)22(16)25-20(28)15-32-24(31)19-13-21(29)27(14-19)26-23(30)18-9-6-5-7-10-18/h5-12,19H,3-4,13-15H2,1-2H3,(H,25,28)(H,26,30)/t19-/m1/s1. The van der Waals surface area contributed by atoms with Crippen LogP contribution in [0.1, 0.15) is 41.8 Å². The molecule has 168 valence electrons. The number of nitrogens with zero attached hydrogens (tertiary/aromatic N) is 1. The normalized spacial score (nSPS) is 15.4. The van der Waals surface area contributed by atoms with Gasteiger partial charge in [0.05, 0.1) is 12.5 Å². The van der Waals surface area contributed by atoms with Crippen molar-refractivity contribution < 1.29 is 23.9 Å². The minimum absolute atomic E-state index is 0.00346. The number of nitrogens with one attached hydrogen (secondary N) is 2. The van der Waals surface area contributed by atoms with Crippen molar-refractivity contribution in [1.82, 2.24) is 10.4 Å². The van der Waals surface area contributed by atoms with E-state index >= 15 is 0 Å². The van der Waals surface area contributed by atoms with E-state index in [0.29, 0.717) is 5.56 Å². The minimum atomic E-state index is -0.750. The van der Waals surface area contributed by atoms with Crippen molar-refractivity contribution in [3.05, 3.63) is 65.2 Å². The van der Waals surface area contributed by atoms with Gasteiger partial charge in [0.1, 0.15) is 0 Å². The monoisotopic (exact) mass is 437 g/mol. The Bertz CT molecular complexity index is 984. The van der Waals surface area contributed by atoms with Gasteiger partial charge < -0.3 is 10.1 Å². The molecule has 3 rings (SSSR count). The highest BCUT2D eigenvalue weighted by Crippen LogP contribution is 2.23. The van der Waals surface area contributed by atoms with E-state index in [1.165, 1.54) is 0 Å². The average Bonchev–Trinajstić information content (AvgIpc) is 3.18. The van der Waals surface area contributed by atoms with Crippen LogP contribution in [0.15, 0.2) is 48.5 Å². The summed E-state index contributed by atoms with van der Waals surface area (Å²) in [7, 11) is 0. The lowest BCUT2D eigenvalue weighted by atomic mass is 10.0. The summed E-state index contributed by atoms with van der Waals surface area (Å²) in [6.45, 7) is 3.56. The first-order chi connectivity index (χ1) is 15.4. The van der Waals surface area contributed by atoms with Gasteiger partial charge in [-0.3, -0.25) is 29.6 Å². The number of anilines is 1. The molecule has 2 N–H and O–H groups in total. The van der Waals surface area contributed by atoms with Crippen molar-refractivity contribution in [2.45, 2.75) is 33.1 Å². The third-order valence-electron chi connectivity index (χ3n) is 5.34. The molecule has 8 nitrogen and oxygen atoms in total. The topological polar surface area (TPSA) is 105 Å².